The molecule has 0 radical (unpaired) electrons. The van der Waals surface area contributed by atoms with Crippen molar-refractivity contribution in [3.63, 3.8) is 0 Å². The molecule has 0 atom stereocenters. The van der Waals surface area contributed by atoms with Gasteiger partial charge in [0.15, 0.2) is 4.45 Å². The molecule has 2 nitrogen and oxygen atoms in total. The van der Waals surface area contributed by atoms with Crippen molar-refractivity contribution in [1.82, 2.24) is 9.55 Å². The van der Waals surface area contributed by atoms with Crippen molar-refractivity contribution in [3.8, 4) is 0 Å². The van der Waals surface area contributed by atoms with Crippen molar-refractivity contribution in [2.24, 2.45) is 0 Å². The molecule has 0 aromatic carbocycles. The van der Waals surface area contributed by atoms with E-state index in [4.69, 9.17) is 11.6 Å². The van der Waals surface area contributed by atoms with Gasteiger partial charge < -0.3 is 0 Å². The molecular weight excluding hydrogens is 144 g/mol. The van der Waals surface area contributed by atoms with Crippen LogP contribution in [-0.4, -0.2) is 14.0 Å². The molecule has 0 unspecified atom stereocenters. The lowest BCUT2D eigenvalue weighted by Crippen LogP contribution is -1.95. The molecule has 0 aliphatic heterocycles. The SMILES string of the molecule is S=C(Cl)n1ccnc1. The minimum atomic E-state index is 0.294. The van der Waals surface area contributed by atoms with Crippen molar-refractivity contribution in [2.45, 2.75) is 0 Å². The molecule has 0 N–H and O–H groups in total. The van der Waals surface area contributed by atoms with Crippen LogP contribution in [0.2, 0.25) is 0 Å². The van der Waals surface area contributed by atoms with Crippen LogP contribution in [0, 0.1) is 0 Å². The molecule has 0 aliphatic carbocycles. The Morgan fingerprint density at radius 1 is 1.75 bits per heavy atom. The lowest BCUT2D eigenvalue weighted by atomic mass is 10.9. The highest BCUT2D eigenvalue weighted by atomic mass is 35.5. The maximum absolute atomic E-state index is 5.40. The summed E-state index contributed by atoms with van der Waals surface area (Å²) in [6.45, 7) is 0. The molecule has 42 valence electrons. The Morgan fingerprint density at radius 3 is 2.75 bits per heavy atom. The van der Waals surface area contributed by atoms with Crippen LogP contribution in [0.1, 0.15) is 0 Å². The van der Waals surface area contributed by atoms with Gasteiger partial charge in [-0.3, -0.25) is 4.57 Å². The maximum atomic E-state index is 5.40. The van der Waals surface area contributed by atoms with Crippen LogP contribution < -0.4 is 0 Å². The van der Waals surface area contributed by atoms with Gasteiger partial charge in [-0.25, -0.2) is 4.98 Å². The molecule has 8 heavy (non-hydrogen) atoms. The zero-order valence-electron chi connectivity index (χ0n) is 3.91. The molecule has 1 aromatic heterocycles. The summed E-state index contributed by atoms with van der Waals surface area (Å²) >= 11 is 10.0. The molecule has 0 bridgehead atoms. The van der Waals surface area contributed by atoms with Crippen LogP contribution in [0.25, 0.3) is 0 Å². The van der Waals surface area contributed by atoms with E-state index in [9.17, 15) is 0 Å². The van der Waals surface area contributed by atoms with Gasteiger partial charge in [0.05, 0.1) is 0 Å². The minimum absolute atomic E-state index is 0.294. The summed E-state index contributed by atoms with van der Waals surface area (Å²) in [5.74, 6) is 0. The molecule has 0 aliphatic rings. The first-order valence-corrected chi connectivity index (χ1v) is 2.77. The second-order valence-electron chi connectivity index (χ2n) is 1.22. The van der Waals surface area contributed by atoms with Crippen LogP contribution in [0.15, 0.2) is 18.7 Å². The summed E-state index contributed by atoms with van der Waals surface area (Å²) in [6.07, 6.45) is 4.86. The topological polar surface area (TPSA) is 17.8 Å². The van der Waals surface area contributed by atoms with Crippen molar-refractivity contribution >= 4 is 28.3 Å². The van der Waals surface area contributed by atoms with Gasteiger partial charge in [-0.15, -0.1) is 0 Å². The van der Waals surface area contributed by atoms with E-state index in [0.29, 0.717) is 4.45 Å². The fourth-order valence-corrected chi connectivity index (χ4v) is 0.571. The van der Waals surface area contributed by atoms with Crippen molar-refractivity contribution < 1.29 is 0 Å². The zero-order valence-corrected chi connectivity index (χ0v) is 5.49. The van der Waals surface area contributed by atoms with Gasteiger partial charge in [-0.2, -0.15) is 0 Å². The summed E-state index contributed by atoms with van der Waals surface area (Å²) in [5, 5.41) is 0. The van der Waals surface area contributed by atoms with Crippen LogP contribution in [0.3, 0.4) is 0 Å². The van der Waals surface area contributed by atoms with Crippen LogP contribution in [-0.2, 0) is 0 Å². The highest BCUT2D eigenvalue weighted by molar-refractivity contribution is 7.83. The third-order valence-electron chi connectivity index (χ3n) is 0.707. The number of aromatic nitrogens is 2. The van der Waals surface area contributed by atoms with Crippen LogP contribution >= 0.6 is 23.8 Å². The molecule has 0 amide bonds. The molecule has 0 saturated heterocycles. The fraction of sp³-hybridized carbons (Fsp3) is 0. The number of hydrogen-bond acceptors (Lipinski definition) is 2. The van der Waals surface area contributed by atoms with Crippen molar-refractivity contribution in [1.29, 1.82) is 0 Å². The fourth-order valence-electron chi connectivity index (χ4n) is 0.363. The van der Waals surface area contributed by atoms with E-state index in [2.05, 4.69) is 17.2 Å². The first kappa shape index (κ1) is 5.72. The van der Waals surface area contributed by atoms with E-state index in [-0.39, 0.29) is 0 Å². The molecular formula is C4H3ClN2S. The van der Waals surface area contributed by atoms with E-state index in [1.54, 1.807) is 23.3 Å². The summed E-state index contributed by atoms with van der Waals surface area (Å²) in [6, 6.07) is 0. The Morgan fingerprint density at radius 2 is 2.50 bits per heavy atom. The summed E-state index contributed by atoms with van der Waals surface area (Å²) < 4.78 is 1.85. The standard InChI is InChI=1S/C4H3ClN2S/c5-4(8)7-2-1-6-3-7/h1-3H. The molecule has 1 aromatic rings. The summed E-state index contributed by atoms with van der Waals surface area (Å²) in [7, 11) is 0. The number of imidazole rings is 1. The number of halogens is 1. The van der Waals surface area contributed by atoms with Gasteiger partial charge >= 0.3 is 0 Å². The second kappa shape index (κ2) is 2.24. The van der Waals surface area contributed by atoms with E-state index < -0.39 is 0 Å². The number of thiocarbonyl (C=S) groups is 1. The maximum Gasteiger partial charge on any atom is 0.179 e. The minimum Gasteiger partial charge on any atom is -0.287 e. The highest BCUT2D eigenvalue weighted by Gasteiger charge is 1.88. The van der Waals surface area contributed by atoms with E-state index >= 15 is 0 Å². The van der Waals surface area contributed by atoms with Gasteiger partial charge in [0.2, 0.25) is 0 Å². The van der Waals surface area contributed by atoms with Gasteiger partial charge in [0.1, 0.15) is 6.33 Å². The van der Waals surface area contributed by atoms with E-state index in [1.807, 2.05) is 0 Å². The van der Waals surface area contributed by atoms with Gasteiger partial charge in [-0.1, -0.05) is 11.6 Å². The van der Waals surface area contributed by atoms with Crippen LogP contribution in [0.4, 0.5) is 0 Å². The molecule has 0 saturated carbocycles. The Balaban J connectivity index is 2.93. The largest absolute Gasteiger partial charge is 0.287 e. The van der Waals surface area contributed by atoms with Gasteiger partial charge in [0, 0.05) is 12.4 Å². The normalized spacial score (nSPS) is 9.12. The van der Waals surface area contributed by atoms with Crippen molar-refractivity contribution in [3.05, 3.63) is 18.7 Å². The molecule has 4 heteroatoms. The quantitative estimate of drug-likeness (QED) is 0.405. The Hall–Kier alpha value is -0.410. The summed E-state index contributed by atoms with van der Waals surface area (Å²) in [4.78, 5) is 3.73. The average Bonchev–Trinajstić information content (AvgIpc) is 2.12. The molecule has 1 heterocycles. The van der Waals surface area contributed by atoms with E-state index in [0.717, 1.165) is 0 Å². The number of nitrogens with zero attached hydrogens (tertiary/aromatic N) is 2. The summed E-state index contributed by atoms with van der Waals surface area (Å²) in [5.41, 5.74) is 0. The monoisotopic (exact) mass is 146 g/mol. The lowest BCUT2D eigenvalue weighted by Gasteiger charge is -1.88. The molecule has 0 spiro atoms. The second-order valence-corrected chi connectivity index (χ2v) is 2.19. The highest BCUT2D eigenvalue weighted by Crippen LogP contribution is 1.90. The predicted octanol–water partition coefficient (Wildman–Crippen LogP) is 1.25. The van der Waals surface area contributed by atoms with Crippen LogP contribution in [0.5, 0.6) is 0 Å². The Labute approximate surface area is 57.1 Å². The third kappa shape index (κ3) is 1.05. The molecule has 0 fully saturated rings. The Bertz CT molecular complexity index is 182. The number of hydrogen-bond donors (Lipinski definition) is 0. The lowest BCUT2D eigenvalue weighted by molar-refractivity contribution is 1.18. The Kier molecular flexibility index (Phi) is 1.60. The number of rotatable bonds is 0. The smallest absolute Gasteiger partial charge is 0.179 e. The average molecular weight is 147 g/mol. The predicted molar refractivity (Wildman–Crippen MR) is 36.1 cm³/mol. The zero-order chi connectivity index (χ0) is 5.98. The first-order valence-electron chi connectivity index (χ1n) is 1.98. The van der Waals surface area contributed by atoms with Gasteiger partial charge in [0.25, 0.3) is 0 Å². The van der Waals surface area contributed by atoms with E-state index in [1.165, 1.54) is 0 Å². The molecule has 1 rings (SSSR count). The van der Waals surface area contributed by atoms with Gasteiger partial charge in [-0.05, 0) is 12.2 Å². The third-order valence-corrected chi connectivity index (χ3v) is 1.11. The first-order chi connectivity index (χ1) is 3.80. The van der Waals surface area contributed by atoms with Crippen molar-refractivity contribution in [2.75, 3.05) is 0 Å².